The molecule has 0 aliphatic heterocycles. The second-order valence-electron chi connectivity index (χ2n) is 5.98. The van der Waals surface area contributed by atoms with Gasteiger partial charge in [0, 0.05) is 12.7 Å². The first-order valence-corrected chi connectivity index (χ1v) is 7.81. The van der Waals surface area contributed by atoms with E-state index >= 15 is 0 Å². The summed E-state index contributed by atoms with van der Waals surface area (Å²) >= 11 is 1.51. The third-order valence-corrected chi connectivity index (χ3v) is 3.85. The van der Waals surface area contributed by atoms with Crippen molar-refractivity contribution >= 4 is 33.5 Å². The average molecular weight is 323 g/mol. The van der Waals surface area contributed by atoms with Crippen molar-refractivity contribution in [3.8, 4) is 0 Å². The number of hydrogen-bond acceptors (Lipinski definition) is 6. The highest BCUT2D eigenvalue weighted by Crippen LogP contribution is 2.33. The fourth-order valence-electron chi connectivity index (χ4n) is 2.04. The van der Waals surface area contributed by atoms with Gasteiger partial charge in [0.2, 0.25) is 0 Å². The van der Waals surface area contributed by atoms with Crippen LogP contribution in [0.15, 0.2) is 6.20 Å². The van der Waals surface area contributed by atoms with Crippen LogP contribution >= 0.6 is 11.3 Å². The molecule has 0 aliphatic carbocycles. The summed E-state index contributed by atoms with van der Waals surface area (Å²) in [4.78, 5) is 21.7. The predicted molar refractivity (Wildman–Crippen MR) is 87.4 cm³/mol. The molecule has 120 valence electrons. The van der Waals surface area contributed by atoms with E-state index in [1.165, 1.54) is 11.3 Å². The van der Waals surface area contributed by atoms with Crippen molar-refractivity contribution in [1.82, 2.24) is 9.97 Å². The van der Waals surface area contributed by atoms with Crippen molar-refractivity contribution in [2.24, 2.45) is 0 Å². The van der Waals surface area contributed by atoms with Crippen LogP contribution in [0.25, 0.3) is 10.3 Å². The number of nitrogens with one attached hydrogen (secondary N) is 1. The third-order valence-electron chi connectivity index (χ3n) is 2.97. The number of ether oxygens (including phenoxy) is 2. The zero-order valence-corrected chi connectivity index (χ0v) is 14.5. The molecule has 1 N–H and O–H groups in total. The van der Waals surface area contributed by atoms with E-state index < -0.39 is 11.7 Å². The van der Waals surface area contributed by atoms with Crippen LogP contribution in [0.3, 0.4) is 0 Å². The second-order valence-corrected chi connectivity index (χ2v) is 7.16. The molecule has 6 nitrogen and oxygen atoms in total. The van der Waals surface area contributed by atoms with Gasteiger partial charge in [-0.2, -0.15) is 0 Å². The molecule has 2 rings (SSSR count). The van der Waals surface area contributed by atoms with Gasteiger partial charge in [0.1, 0.15) is 15.9 Å². The third kappa shape index (κ3) is 3.72. The molecule has 0 fully saturated rings. The molecular formula is C15H21N3O3S. The van der Waals surface area contributed by atoms with Gasteiger partial charge in [-0.3, -0.25) is 5.32 Å². The number of thiazole rings is 1. The lowest BCUT2D eigenvalue weighted by atomic mass is 10.1. The summed E-state index contributed by atoms with van der Waals surface area (Å²) in [6.07, 6.45) is 0.872. The van der Waals surface area contributed by atoms with Crippen LogP contribution in [-0.2, 0) is 9.47 Å². The SMILES string of the molecule is CO[C@@H](C)c1c(NC(=O)OC(C)(C)C)cnc2sc(C)nc12. The van der Waals surface area contributed by atoms with Crippen LogP contribution in [0.1, 0.15) is 44.4 Å². The first-order valence-electron chi connectivity index (χ1n) is 7.00. The fourth-order valence-corrected chi connectivity index (χ4v) is 2.82. The van der Waals surface area contributed by atoms with E-state index in [0.717, 1.165) is 20.9 Å². The highest BCUT2D eigenvalue weighted by atomic mass is 32.1. The number of fused-ring (bicyclic) bond motifs is 1. The highest BCUT2D eigenvalue weighted by molar-refractivity contribution is 7.18. The molecule has 0 bridgehead atoms. The predicted octanol–water partition coefficient (Wildman–Crippen LogP) is 4.05. The van der Waals surface area contributed by atoms with Crippen LogP contribution < -0.4 is 5.32 Å². The molecule has 0 spiro atoms. The number of pyridine rings is 1. The Hall–Kier alpha value is -1.73. The average Bonchev–Trinajstić information content (AvgIpc) is 2.75. The lowest BCUT2D eigenvalue weighted by Crippen LogP contribution is -2.27. The number of aromatic nitrogens is 2. The Morgan fingerprint density at radius 2 is 2.09 bits per heavy atom. The first-order chi connectivity index (χ1) is 10.2. The molecule has 0 saturated carbocycles. The molecule has 7 heteroatoms. The van der Waals surface area contributed by atoms with Gasteiger partial charge in [-0.1, -0.05) is 11.3 Å². The lowest BCUT2D eigenvalue weighted by molar-refractivity contribution is 0.0635. The van der Waals surface area contributed by atoms with E-state index in [2.05, 4.69) is 15.3 Å². The van der Waals surface area contributed by atoms with Crippen molar-refractivity contribution in [3.05, 3.63) is 16.8 Å². The van der Waals surface area contributed by atoms with Crippen LogP contribution in [-0.4, -0.2) is 28.8 Å². The number of methoxy groups -OCH3 is 1. The number of aryl methyl sites for hydroxylation is 1. The van der Waals surface area contributed by atoms with E-state index in [4.69, 9.17) is 9.47 Å². The van der Waals surface area contributed by atoms with Crippen LogP contribution in [0, 0.1) is 6.92 Å². The highest BCUT2D eigenvalue weighted by Gasteiger charge is 2.22. The molecule has 2 aromatic heterocycles. The monoisotopic (exact) mass is 323 g/mol. The van der Waals surface area contributed by atoms with Crippen LogP contribution in [0.5, 0.6) is 0 Å². The number of hydrogen-bond donors (Lipinski definition) is 1. The topological polar surface area (TPSA) is 73.3 Å². The van der Waals surface area contributed by atoms with E-state index in [-0.39, 0.29) is 6.10 Å². The summed E-state index contributed by atoms with van der Waals surface area (Å²) in [6.45, 7) is 9.28. The van der Waals surface area contributed by atoms with Gasteiger partial charge in [-0.15, -0.1) is 0 Å². The van der Waals surface area contributed by atoms with Gasteiger partial charge in [-0.25, -0.2) is 14.8 Å². The van der Waals surface area contributed by atoms with Crippen LogP contribution in [0.4, 0.5) is 10.5 Å². The number of amides is 1. The molecule has 0 saturated heterocycles. The van der Waals surface area contributed by atoms with E-state index in [0.29, 0.717) is 5.69 Å². The molecular weight excluding hydrogens is 302 g/mol. The van der Waals surface area contributed by atoms with E-state index in [1.54, 1.807) is 13.3 Å². The van der Waals surface area contributed by atoms with Crippen molar-refractivity contribution in [2.75, 3.05) is 12.4 Å². The quantitative estimate of drug-likeness (QED) is 0.922. The van der Waals surface area contributed by atoms with Gasteiger partial charge in [-0.05, 0) is 34.6 Å². The maximum absolute atomic E-state index is 12.0. The molecule has 0 radical (unpaired) electrons. The Morgan fingerprint density at radius 3 is 2.68 bits per heavy atom. The fraction of sp³-hybridized carbons (Fsp3) is 0.533. The number of rotatable bonds is 3. The maximum Gasteiger partial charge on any atom is 0.412 e. The number of nitrogens with zero attached hydrogens (tertiary/aromatic N) is 2. The minimum atomic E-state index is -0.564. The minimum Gasteiger partial charge on any atom is -0.444 e. The first kappa shape index (κ1) is 16.6. The van der Waals surface area contributed by atoms with Gasteiger partial charge in [0.25, 0.3) is 0 Å². The Bertz CT molecular complexity index is 691. The Labute approximate surface area is 133 Å². The second kappa shape index (κ2) is 6.18. The smallest absolute Gasteiger partial charge is 0.412 e. The summed E-state index contributed by atoms with van der Waals surface area (Å²) < 4.78 is 10.7. The number of anilines is 1. The summed E-state index contributed by atoms with van der Waals surface area (Å²) in [5.74, 6) is 0. The van der Waals surface area contributed by atoms with Crippen molar-refractivity contribution in [2.45, 2.75) is 46.3 Å². The van der Waals surface area contributed by atoms with Crippen molar-refractivity contribution in [3.63, 3.8) is 0 Å². The van der Waals surface area contributed by atoms with Crippen molar-refractivity contribution in [1.29, 1.82) is 0 Å². The Morgan fingerprint density at radius 1 is 1.41 bits per heavy atom. The molecule has 0 aliphatic rings. The Balaban J connectivity index is 2.42. The molecule has 1 atom stereocenters. The van der Waals surface area contributed by atoms with Gasteiger partial charge in [0.05, 0.1) is 23.0 Å². The van der Waals surface area contributed by atoms with Crippen molar-refractivity contribution < 1.29 is 14.3 Å². The zero-order valence-electron chi connectivity index (χ0n) is 13.7. The lowest BCUT2D eigenvalue weighted by Gasteiger charge is -2.21. The Kier molecular flexibility index (Phi) is 4.67. The summed E-state index contributed by atoms with van der Waals surface area (Å²) in [5.41, 5.74) is 1.56. The maximum atomic E-state index is 12.0. The van der Waals surface area contributed by atoms with Gasteiger partial charge < -0.3 is 9.47 Å². The minimum absolute atomic E-state index is 0.225. The largest absolute Gasteiger partial charge is 0.444 e. The number of carbonyl (C=O) groups excluding carboxylic acids is 1. The van der Waals surface area contributed by atoms with E-state index in [9.17, 15) is 4.79 Å². The summed E-state index contributed by atoms with van der Waals surface area (Å²) in [5, 5.41) is 3.66. The van der Waals surface area contributed by atoms with Gasteiger partial charge >= 0.3 is 6.09 Å². The molecule has 0 unspecified atom stereocenters. The molecule has 0 aromatic carbocycles. The zero-order chi connectivity index (χ0) is 16.5. The molecule has 2 aromatic rings. The molecule has 22 heavy (non-hydrogen) atoms. The van der Waals surface area contributed by atoms with Crippen LogP contribution in [0.2, 0.25) is 0 Å². The molecule has 1 amide bonds. The standard InChI is InChI=1S/C15H21N3O3S/c1-8(20-6)11-10(18-14(19)21-15(3,4)5)7-16-13-12(11)17-9(2)22-13/h7-8H,1-6H3,(H,18,19)/t8-/m0/s1. The normalized spacial score (nSPS) is 13.2. The summed E-state index contributed by atoms with van der Waals surface area (Å²) in [7, 11) is 1.62. The van der Waals surface area contributed by atoms with E-state index in [1.807, 2.05) is 34.6 Å². The van der Waals surface area contributed by atoms with Gasteiger partial charge in [0.15, 0.2) is 0 Å². The summed E-state index contributed by atoms with van der Waals surface area (Å²) in [6, 6.07) is 0. The number of carbonyl (C=O) groups is 1. The molecule has 2 heterocycles.